The number of fused-ring (bicyclic) bond motifs is 2. The molecular weight excluding hydrogens is 304 g/mol. The van der Waals surface area contributed by atoms with Crippen LogP contribution in [-0.4, -0.2) is 17.9 Å². The van der Waals surface area contributed by atoms with Crippen LogP contribution >= 0.6 is 15.9 Å². The summed E-state index contributed by atoms with van der Waals surface area (Å²) >= 11 is 3.07. The van der Waals surface area contributed by atoms with Crippen molar-refractivity contribution in [3.05, 3.63) is 28.2 Å². The molecule has 0 amide bonds. The number of rotatable bonds is 1. The van der Waals surface area contributed by atoms with Crippen LogP contribution < -0.4 is 4.90 Å². The van der Waals surface area contributed by atoms with Gasteiger partial charge >= 0.3 is 0 Å². The Kier molecular flexibility index (Phi) is 2.88. The van der Waals surface area contributed by atoms with Gasteiger partial charge in [-0.15, -0.1) is 0 Å². The van der Waals surface area contributed by atoms with E-state index >= 15 is 0 Å². The number of Topliss-reactive ketones (excluding diaryl/α,β-unsaturated/α-hetero) is 1. The average molecular weight is 316 g/mol. The van der Waals surface area contributed by atoms with Gasteiger partial charge in [-0.05, 0) is 25.0 Å². The Labute approximate surface area is 112 Å². The standard InChI is InChI=1S/C13H12BrF2NO/c14-7-3-11(15)13(12(16)4-7)17-8-1-2-9(17)6-10(18)5-8/h3-4,8-9H,1-2,5-6H2. The van der Waals surface area contributed by atoms with E-state index in [-0.39, 0.29) is 23.6 Å². The molecule has 96 valence electrons. The second kappa shape index (κ2) is 4.30. The molecule has 1 aromatic rings. The highest BCUT2D eigenvalue weighted by Gasteiger charge is 2.42. The summed E-state index contributed by atoms with van der Waals surface area (Å²) in [5.74, 6) is -0.919. The lowest BCUT2D eigenvalue weighted by atomic mass is 10.0. The summed E-state index contributed by atoms with van der Waals surface area (Å²) in [6.45, 7) is 0. The van der Waals surface area contributed by atoms with E-state index in [9.17, 15) is 13.6 Å². The Morgan fingerprint density at radius 2 is 1.61 bits per heavy atom. The molecule has 0 radical (unpaired) electrons. The largest absolute Gasteiger partial charge is 0.360 e. The fourth-order valence-electron chi connectivity index (χ4n) is 3.12. The molecule has 2 aliphatic rings. The van der Waals surface area contributed by atoms with E-state index in [1.807, 2.05) is 0 Å². The first kappa shape index (κ1) is 12.1. The number of halogens is 3. The molecule has 2 heterocycles. The third-order valence-corrected chi connectivity index (χ3v) is 4.24. The van der Waals surface area contributed by atoms with Gasteiger partial charge < -0.3 is 4.90 Å². The minimum atomic E-state index is -0.562. The third kappa shape index (κ3) is 1.85. The molecule has 2 nitrogen and oxygen atoms in total. The molecule has 0 aliphatic carbocycles. The zero-order valence-corrected chi connectivity index (χ0v) is 11.2. The van der Waals surface area contributed by atoms with Crippen molar-refractivity contribution in [2.24, 2.45) is 0 Å². The molecule has 3 rings (SSSR count). The molecule has 2 aliphatic heterocycles. The van der Waals surface area contributed by atoms with Gasteiger partial charge in [0.25, 0.3) is 0 Å². The number of ketones is 1. The number of hydrogen-bond acceptors (Lipinski definition) is 2. The van der Waals surface area contributed by atoms with Crippen LogP contribution in [0.3, 0.4) is 0 Å². The van der Waals surface area contributed by atoms with Crippen LogP contribution in [0.5, 0.6) is 0 Å². The fourth-order valence-corrected chi connectivity index (χ4v) is 3.52. The van der Waals surface area contributed by atoms with Crippen molar-refractivity contribution in [3.8, 4) is 0 Å². The number of nitrogens with zero attached hydrogens (tertiary/aromatic N) is 1. The van der Waals surface area contributed by atoms with Gasteiger partial charge in [0.1, 0.15) is 11.5 Å². The van der Waals surface area contributed by atoms with Gasteiger partial charge in [-0.3, -0.25) is 4.79 Å². The summed E-state index contributed by atoms with van der Waals surface area (Å²) in [6, 6.07) is 2.46. The second-order valence-corrected chi connectivity index (χ2v) is 5.87. The summed E-state index contributed by atoms with van der Waals surface area (Å²) in [7, 11) is 0. The minimum absolute atomic E-state index is 0.0261. The molecule has 5 heteroatoms. The zero-order chi connectivity index (χ0) is 12.9. The molecule has 1 aromatic carbocycles. The highest BCUT2D eigenvalue weighted by Crippen LogP contribution is 2.40. The van der Waals surface area contributed by atoms with E-state index in [0.29, 0.717) is 17.3 Å². The summed E-state index contributed by atoms with van der Waals surface area (Å²) in [6.07, 6.45) is 2.49. The molecule has 18 heavy (non-hydrogen) atoms. The van der Waals surface area contributed by atoms with E-state index < -0.39 is 11.6 Å². The summed E-state index contributed by atoms with van der Waals surface area (Å²) in [5, 5.41) is 0. The SMILES string of the molecule is O=C1CC2CCC(C1)N2c1c(F)cc(Br)cc1F. The van der Waals surface area contributed by atoms with E-state index in [0.717, 1.165) is 12.8 Å². The van der Waals surface area contributed by atoms with Crippen molar-refractivity contribution in [2.75, 3.05) is 4.90 Å². The molecule has 0 aromatic heterocycles. The molecule has 0 N–H and O–H groups in total. The topological polar surface area (TPSA) is 20.3 Å². The van der Waals surface area contributed by atoms with Crippen molar-refractivity contribution >= 4 is 27.4 Å². The molecule has 0 saturated carbocycles. The van der Waals surface area contributed by atoms with Crippen LogP contribution in [0.4, 0.5) is 14.5 Å². The molecule has 2 fully saturated rings. The monoisotopic (exact) mass is 315 g/mol. The van der Waals surface area contributed by atoms with Crippen molar-refractivity contribution in [1.82, 2.24) is 0 Å². The van der Waals surface area contributed by atoms with Crippen LogP contribution in [0.25, 0.3) is 0 Å². The van der Waals surface area contributed by atoms with Gasteiger partial charge in [0.2, 0.25) is 0 Å². The Hall–Kier alpha value is -0.970. The van der Waals surface area contributed by atoms with Crippen LogP contribution in [-0.2, 0) is 4.79 Å². The number of hydrogen-bond donors (Lipinski definition) is 0. The van der Waals surface area contributed by atoms with Crippen LogP contribution in [0.1, 0.15) is 25.7 Å². The number of carbonyl (C=O) groups is 1. The second-order valence-electron chi connectivity index (χ2n) is 4.96. The Bertz CT molecular complexity index is 481. The highest BCUT2D eigenvalue weighted by molar-refractivity contribution is 9.10. The molecule has 2 bridgehead atoms. The first-order chi connectivity index (χ1) is 8.56. The normalized spacial score (nSPS) is 26.8. The fraction of sp³-hybridized carbons (Fsp3) is 0.462. The molecule has 2 atom stereocenters. The minimum Gasteiger partial charge on any atom is -0.360 e. The highest BCUT2D eigenvalue weighted by atomic mass is 79.9. The third-order valence-electron chi connectivity index (χ3n) is 3.79. The van der Waals surface area contributed by atoms with Gasteiger partial charge in [0.15, 0.2) is 11.6 Å². The van der Waals surface area contributed by atoms with E-state index in [1.54, 1.807) is 4.90 Å². The average Bonchev–Trinajstić information content (AvgIpc) is 2.53. The van der Waals surface area contributed by atoms with E-state index in [4.69, 9.17) is 0 Å². The Morgan fingerprint density at radius 3 is 2.11 bits per heavy atom. The lowest BCUT2D eigenvalue weighted by Crippen LogP contribution is -2.44. The Balaban J connectivity index is 2.04. The van der Waals surface area contributed by atoms with Crippen molar-refractivity contribution in [2.45, 2.75) is 37.8 Å². The van der Waals surface area contributed by atoms with Crippen molar-refractivity contribution < 1.29 is 13.6 Å². The number of benzene rings is 1. The number of anilines is 1. The van der Waals surface area contributed by atoms with Crippen LogP contribution in [0, 0.1) is 11.6 Å². The molecule has 0 spiro atoms. The summed E-state index contributed by atoms with van der Waals surface area (Å²) in [4.78, 5) is 13.3. The maximum atomic E-state index is 14.0. The first-order valence-electron chi connectivity index (χ1n) is 6.01. The number of carbonyl (C=O) groups excluding carboxylic acids is 1. The van der Waals surface area contributed by atoms with Gasteiger partial charge in [0, 0.05) is 29.4 Å². The zero-order valence-electron chi connectivity index (χ0n) is 9.63. The number of piperidine rings is 1. The molecule has 2 saturated heterocycles. The summed E-state index contributed by atoms with van der Waals surface area (Å²) < 4.78 is 28.3. The molecule has 2 unspecified atom stereocenters. The predicted molar refractivity (Wildman–Crippen MR) is 67.6 cm³/mol. The van der Waals surface area contributed by atoms with Gasteiger partial charge in [0.05, 0.1) is 0 Å². The predicted octanol–water partition coefficient (Wildman–Crippen LogP) is 3.43. The molecular formula is C13H12BrF2NO. The maximum absolute atomic E-state index is 14.0. The maximum Gasteiger partial charge on any atom is 0.150 e. The smallest absolute Gasteiger partial charge is 0.150 e. The van der Waals surface area contributed by atoms with Gasteiger partial charge in [-0.1, -0.05) is 15.9 Å². The lowest BCUT2D eigenvalue weighted by Gasteiger charge is -2.36. The summed E-state index contributed by atoms with van der Waals surface area (Å²) in [5.41, 5.74) is 0.0261. The van der Waals surface area contributed by atoms with Crippen molar-refractivity contribution in [3.63, 3.8) is 0 Å². The van der Waals surface area contributed by atoms with E-state index in [1.165, 1.54) is 12.1 Å². The van der Waals surface area contributed by atoms with Gasteiger partial charge in [-0.2, -0.15) is 0 Å². The van der Waals surface area contributed by atoms with Crippen LogP contribution in [0.2, 0.25) is 0 Å². The van der Waals surface area contributed by atoms with Crippen molar-refractivity contribution in [1.29, 1.82) is 0 Å². The Morgan fingerprint density at radius 1 is 1.11 bits per heavy atom. The van der Waals surface area contributed by atoms with Crippen LogP contribution in [0.15, 0.2) is 16.6 Å². The first-order valence-corrected chi connectivity index (χ1v) is 6.80. The quantitative estimate of drug-likeness (QED) is 0.791. The van der Waals surface area contributed by atoms with E-state index in [2.05, 4.69) is 15.9 Å². The lowest BCUT2D eigenvalue weighted by molar-refractivity contribution is -0.120. The van der Waals surface area contributed by atoms with Gasteiger partial charge in [-0.25, -0.2) is 8.78 Å².